The number of carbonyl (C=O) groups excluding carboxylic acids is 1. The molecule has 3 fully saturated rings. The zero-order chi connectivity index (χ0) is 18.4. The minimum Gasteiger partial charge on any atom is -0.334 e. The number of piperidine rings is 1. The maximum atomic E-state index is 12.9. The normalized spacial score (nSPS) is 25.0. The van der Waals surface area contributed by atoms with Crippen molar-refractivity contribution in [3.63, 3.8) is 0 Å². The van der Waals surface area contributed by atoms with Gasteiger partial charge in [-0.2, -0.15) is 17.5 Å². The van der Waals surface area contributed by atoms with E-state index in [1.807, 2.05) is 0 Å². The lowest BCUT2D eigenvalue weighted by Crippen LogP contribution is -2.47. The maximum Gasteiger partial charge on any atom is 0.416 e. The Bertz CT molecular complexity index is 779. The highest BCUT2D eigenvalue weighted by molar-refractivity contribution is 7.88. The molecule has 0 unspecified atom stereocenters. The number of sulfonamides is 1. The summed E-state index contributed by atoms with van der Waals surface area (Å²) in [7, 11) is -3.37. The van der Waals surface area contributed by atoms with Gasteiger partial charge in [-0.1, -0.05) is 6.07 Å². The molecule has 0 saturated carbocycles. The van der Waals surface area contributed by atoms with Crippen LogP contribution in [0.2, 0.25) is 0 Å². The van der Waals surface area contributed by atoms with Crippen molar-refractivity contribution in [3.8, 4) is 0 Å². The number of fused-ring (bicyclic) bond motifs is 4. The number of hydrogen-bond acceptors (Lipinski definition) is 3. The highest BCUT2D eigenvalue weighted by Gasteiger charge is 2.40. The molecule has 0 aromatic heterocycles. The van der Waals surface area contributed by atoms with Gasteiger partial charge in [0.05, 0.1) is 11.8 Å². The molecule has 0 spiro atoms. The number of carbonyl (C=O) groups is 1. The summed E-state index contributed by atoms with van der Waals surface area (Å²) in [6.07, 6.45) is -1.91. The number of alkyl halides is 3. The Morgan fingerprint density at radius 1 is 1.16 bits per heavy atom. The third-order valence-electron chi connectivity index (χ3n) is 4.85. The molecule has 9 heteroatoms. The van der Waals surface area contributed by atoms with E-state index in [4.69, 9.17) is 0 Å². The molecule has 0 aliphatic carbocycles. The van der Waals surface area contributed by atoms with Crippen LogP contribution in [0.4, 0.5) is 13.2 Å². The third kappa shape index (κ3) is 3.82. The molecule has 2 bridgehead atoms. The molecular formula is C16H19F3N2O3S. The highest BCUT2D eigenvalue weighted by atomic mass is 32.2. The first-order valence-corrected chi connectivity index (χ1v) is 9.84. The summed E-state index contributed by atoms with van der Waals surface area (Å²) in [6.45, 7) is 0.910. The van der Waals surface area contributed by atoms with E-state index in [1.54, 1.807) is 0 Å². The van der Waals surface area contributed by atoms with Crippen LogP contribution < -0.4 is 0 Å². The molecule has 25 heavy (non-hydrogen) atoms. The summed E-state index contributed by atoms with van der Waals surface area (Å²) < 4.78 is 63.7. The van der Waals surface area contributed by atoms with E-state index in [0.717, 1.165) is 24.8 Å². The van der Waals surface area contributed by atoms with Crippen molar-refractivity contribution in [2.24, 2.45) is 5.92 Å². The van der Waals surface area contributed by atoms with Gasteiger partial charge in [0, 0.05) is 31.2 Å². The summed E-state index contributed by atoms with van der Waals surface area (Å²) in [5.41, 5.74) is -0.885. The van der Waals surface area contributed by atoms with Crippen molar-refractivity contribution in [3.05, 3.63) is 35.4 Å². The fourth-order valence-corrected chi connectivity index (χ4v) is 4.48. The van der Waals surface area contributed by atoms with Gasteiger partial charge in [0.1, 0.15) is 0 Å². The van der Waals surface area contributed by atoms with Crippen molar-refractivity contribution < 1.29 is 26.4 Å². The van der Waals surface area contributed by atoms with Crippen LogP contribution in [0.25, 0.3) is 0 Å². The van der Waals surface area contributed by atoms with Crippen LogP contribution in [-0.2, 0) is 16.2 Å². The number of amides is 1. The fourth-order valence-electron chi connectivity index (χ4n) is 3.55. The molecule has 3 aliphatic rings. The van der Waals surface area contributed by atoms with Gasteiger partial charge >= 0.3 is 6.18 Å². The van der Waals surface area contributed by atoms with Crippen molar-refractivity contribution in [2.45, 2.75) is 25.1 Å². The molecule has 3 aliphatic heterocycles. The van der Waals surface area contributed by atoms with E-state index in [1.165, 1.54) is 21.3 Å². The lowest BCUT2D eigenvalue weighted by molar-refractivity contribution is -0.137. The Balaban J connectivity index is 1.86. The second kappa shape index (κ2) is 6.28. The Kier molecular flexibility index (Phi) is 4.57. The molecule has 3 saturated heterocycles. The molecule has 0 radical (unpaired) electrons. The van der Waals surface area contributed by atoms with E-state index >= 15 is 0 Å². The Morgan fingerprint density at radius 2 is 1.88 bits per heavy atom. The van der Waals surface area contributed by atoms with Crippen LogP contribution >= 0.6 is 0 Å². The molecule has 138 valence electrons. The number of benzene rings is 1. The Labute approximate surface area is 144 Å². The first kappa shape index (κ1) is 18.2. The van der Waals surface area contributed by atoms with Gasteiger partial charge in [0.2, 0.25) is 10.0 Å². The lowest BCUT2D eigenvalue weighted by Gasteiger charge is -2.36. The van der Waals surface area contributed by atoms with Crippen LogP contribution in [0.1, 0.15) is 28.8 Å². The summed E-state index contributed by atoms with van der Waals surface area (Å²) in [4.78, 5) is 14.3. The van der Waals surface area contributed by atoms with Gasteiger partial charge < -0.3 is 4.90 Å². The van der Waals surface area contributed by atoms with Gasteiger partial charge in [0.15, 0.2) is 0 Å². The monoisotopic (exact) mass is 376 g/mol. The van der Waals surface area contributed by atoms with Crippen molar-refractivity contribution in [1.82, 2.24) is 9.21 Å². The quantitative estimate of drug-likeness (QED) is 0.795. The molecule has 2 atom stereocenters. The van der Waals surface area contributed by atoms with E-state index in [-0.39, 0.29) is 24.1 Å². The third-order valence-corrected chi connectivity index (χ3v) is 6.08. The Hall–Kier alpha value is -1.61. The second-order valence-corrected chi connectivity index (χ2v) is 8.70. The largest absolute Gasteiger partial charge is 0.416 e. The van der Waals surface area contributed by atoms with Gasteiger partial charge in [-0.05, 0) is 37.0 Å². The van der Waals surface area contributed by atoms with E-state index in [9.17, 15) is 26.4 Å². The first-order valence-electron chi connectivity index (χ1n) is 7.99. The van der Waals surface area contributed by atoms with E-state index in [0.29, 0.717) is 19.5 Å². The Morgan fingerprint density at radius 3 is 2.52 bits per heavy atom. The SMILES string of the molecule is CS(=O)(=O)N1C[C@H]2CC[C@@H](C1)N(C(=O)c1cccc(C(F)(F)F)c1)C2. The number of rotatable bonds is 2. The summed E-state index contributed by atoms with van der Waals surface area (Å²) in [5.74, 6) is -0.473. The molecule has 0 N–H and O–H groups in total. The standard InChI is InChI=1S/C16H19F3N2O3S/c1-25(23,24)20-8-11-5-6-14(10-20)21(9-11)15(22)12-3-2-4-13(7-12)16(17,18)19/h2-4,7,11,14H,5-6,8-10H2,1H3/t11-,14+/m1/s1. The summed E-state index contributed by atoms with van der Waals surface area (Å²) >= 11 is 0. The number of hydrogen-bond donors (Lipinski definition) is 0. The average molecular weight is 376 g/mol. The molecular weight excluding hydrogens is 357 g/mol. The first-order chi connectivity index (χ1) is 11.6. The molecule has 1 aromatic carbocycles. The van der Waals surface area contributed by atoms with Gasteiger partial charge in [0.25, 0.3) is 5.91 Å². The van der Waals surface area contributed by atoms with Crippen LogP contribution in [0.3, 0.4) is 0 Å². The van der Waals surface area contributed by atoms with Gasteiger partial charge in [-0.15, -0.1) is 0 Å². The van der Waals surface area contributed by atoms with Gasteiger partial charge in [-0.3, -0.25) is 4.79 Å². The fraction of sp³-hybridized carbons (Fsp3) is 0.562. The second-order valence-electron chi connectivity index (χ2n) is 6.71. The summed E-state index contributed by atoms with van der Waals surface area (Å²) in [6, 6.07) is 4.06. The topological polar surface area (TPSA) is 57.7 Å². The molecule has 1 aromatic rings. The van der Waals surface area contributed by atoms with E-state index < -0.39 is 27.7 Å². The predicted octanol–water partition coefficient (Wildman–Crippen LogP) is 2.20. The van der Waals surface area contributed by atoms with Crippen LogP contribution in [0.5, 0.6) is 0 Å². The van der Waals surface area contributed by atoms with Crippen LogP contribution in [0, 0.1) is 5.92 Å². The predicted molar refractivity (Wildman–Crippen MR) is 85.4 cm³/mol. The van der Waals surface area contributed by atoms with Crippen LogP contribution in [0.15, 0.2) is 24.3 Å². The molecule has 1 amide bonds. The van der Waals surface area contributed by atoms with Crippen LogP contribution in [-0.4, -0.2) is 55.5 Å². The average Bonchev–Trinajstić information content (AvgIpc) is 2.85. The van der Waals surface area contributed by atoms with Crippen molar-refractivity contribution in [1.29, 1.82) is 0 Å². The number of nitrogens with zero attached hydrogens (tertiary/aromatic N) is 2. The molecule has 4 rings (SSSR count). The minimum absolute atomic E-state index is 0.00298. The van der Waals surface area contributed by atoms with Gasteiger partial charge in [-0.25, -0.2) is 8.42 Å². The maximum absolute atomic E-state index is 12.9. The zero-order valence-electron chi connectivity index (χ0n) is 13.7. The van der Waals surface area contributed by atoms with Crippen molar-refractivity contribution in [2.75, 3.05) is 25.9 Å². The smallest absolute Gasteiger partial charge is 0.334 e. The molecule has 3 heterocycles. The van der Waals surface area contributed by atoms with E-state index in [2.05, 4.69) is 0 Å². The summed E-state index contributed by atoms with van der Waals surface area (Å²) in [5, 5.41) is 0. The highest BCUT2D eigenvalue weighted by Crippen LogP contribution is 2.32. The zero-order valence-corrected chi connectivity index (χ0v) is 14.5. The minimum atomic E-state index is -4.51. The van der Waals surface area contributed by atoms with Crippen molar-refractivity contribution >= 4 is 15.9 Å². The lowest BCUT2D eigenvalue weighted by atomic mass is 9.94. The molecule has 5 nitrogen and oxygen atoms in total. The number of halogens is 3.